The number of aromatic nitrogens is 1. The van der Waals surface area contributed by atoms with Crippen molar-refractivity contribution in [3.63, 3.8) is 0 Å². The number of carbonyl (C=O) groups excluding carboxylic acids is 2. The summed E-state index contributed by atoms with van der Waals surface area (Å²) in [6.07, 6.45) is 3.27. The Balaban J connectivity index is 1.39. The third-order valence-corrected chi connectivity index (χ3v) is 8.07. The lowest BCUT2D eigenvalue weighted by atomic mass is 9.70. The van der Waals surface area contributed by atoms with Crippen LogP contribution in [0.15, 0.2) is 36.5 Å². The molecule has 0 radical (unpaired) electrons. The molecule has 1 aromatic carbocycles. The average molecular weight is 426 g/mol. The second kappa shape index (κ2) is 7.88. The Labute approximate surface area is 182 Å². The average Bonchev–Trinajstić information content (AvgIpc) is 3.05. The zero-order valence-corrected chi connectivity index (χ0v) is 18.3. The highest BCUT2D eigenvalue weighted by atomic mass is 16.3. The van der Waals surface area contributed by atoms with Crippen molar-refractivity contribution in [2.24, 2.45) is 22.7 Å². The predicted octanol–water partition coefficient (Wildman–Crippen LogP) is 2.47. The molecule has 0 spiro atoms. The number of rotatable bonds is 6. The standard InChI is InChI=1S/C24H31N3O4/c1-23(2)17-8-9-24(23,3)21(30)16(17)12-20(29)27-19(13-28)22(31)26-15-6-7-18-14(11-15)5-4-10-25-18/h4-7,10-11,16-17,19,21,28,30H,8-9,12-13H2,1-3H3,(H,26,31)(H,27,29)/t16?,17?,19-,21?,24?/m0/s1. The summed E-state index contributed by atoms with van der Waals surface area (Å²) >= 11 is 0. The molecule has 4 rings (SSSR count). The van der Waals surface area contributed by atoms with E-state index in [0.717, 1.165) is 23.7 Å². The second-order valence-corrected chi connectivity index (χ2v) is 9.80. The molecule has 1 heterocycles. The third kappa shape index (κ3) is 3.59. The minimum atomic E-state index is -1.06. The Hall–Kier alpha value is -2.51. The highest BCUT2D eigenvalue weighted by Gasteiger charge is 2.65. The number of nitrogens with one attached hydrogen (secondary N) is 2. The fraction of sp³-hybridized carbons (Fsp3) is 0.542. The van der Waals surface area contributed by atoms with E-state index in [9.17, 15) is 19.8 Å². The third-order valence-electron chi connectivity index (χ3n) is 8.07. The lowest BCUT2D eigenvalue weighted by Gasteiger charge is -2.37. The maximum atomic E-state index is 12.7. The molecule has 2 bridgehead atoms. The molecule has 0 saturated heterocycles. The first kappa shape index (κ1) is 21.7. The van der Waals surface area contributed by atoms with Crippen molar-refractivity contribution in [1.29, 1.82) is 0 Å². The van der Waals surface area contributed by atoms with Crippen molar-refractivity contribution in [3.8, 4) is 0 Å². The van der Waals surface area contributed by atoms with Crippen LogP contribution in [0.2, 0.25) is 0 Å². The van der Waals surface area contributed by atoms with Gasteiger partial charge in [-0.15, -0.1) is 0 Å². The van der Waals surface area contributed by atoms with Crippen LogP contribution < -0.4 is 10.6 Å². The summed E-state index contributed by atoms with van der Waals surface area (Å²) < 4.78 is 0. The Morgan fingerprint density at radius 3 is 2.71 bits per heavy atom. The lowest BCUT2D eigenvalue weighted by Crippen LogP contribution is -2.47. The van der Waals surface area contributed by atoms with E-state index in [0.29, 0.717) is 5.69 Å². The van der Waals surface area contributed by atoms with Gasteiger partial charge in [-0.05, 0) is 59.8 Å². The molecular weight excluding hydrogens is 394 g/mol. The van der Waals surface area contributed by atoms with Crippen LogP contribution in [-0.4, -0.2) is 45.8 Å². The van der Waals surface area contributed by atoms with Gasteiger partial charge in [-0.25, -0.2) is 0 Å². The number of carbonyl (C=O) groups is 2. The number of fused-ring (bicyclic) bond motifs is 3. The number of hydrogen-bond acceptors (Lipinski definition) is 5. The predicted molar refractivity (Wildman–Crippen MR) is 118 cm³/mol. The van der Waals surface area contributed by atoms with Gasteiger partial charge in [0.05, 0.1) is 18.2 Å². The van der Waals surface area contributed by atoms with Gasteiger partial charge in [-0.2, -0.15) is 0 Å². The highest BCUT2D eigenvalue weighted by molar-refractivity contribution is 5.98. The van der Waals surface area contributed by atoms with E-state index in [1.807, 2.05) is 12.1 Å². The highest BCUT2D eigenvalue weighted by Crippen LogP contribution is 2.68. The van der Waals surface area contributed by atoms with Crippen LogP contribution in [-0.2, 0) is 9.59 Å². The number of nitrogens with zero attached hydrogens (tertiary/aromatic N) is 1. The Kier molecular flexibility index (Phi) is 5.52. The van der Waals surface area contributed by atoms with Gasteiger partial charge >= 0.3 is 0 Å². The van der Waals surface area contributed by atoms with E-state index in [2.05, 4.69) is 36.4 Å². The first-order valence-corrected chi connectivity index (χ1v) is 10.9. The molecule has 4 N–H and O–H groups in total. The summed E-state index contributed by atoms with van der Waals surface area (Å²) in [7, 11) is 0. The smallest absolute Gasteiger partial charge is 0.249 e. The molecule has 2 aromatic rings. The van der Waals surface area contributed by atoms with Crippen LogP contribution in [0.4, 0.5) is 5.69 Å². The lowest BCUT2D eigenvalue weighted by molar-refractivity contribution is -0.129. The Morgan fingerprint density at radius 2 is 2.03 bits per heavy atom. The largest absolute Gasteiger partial charge is 0.394 e. The van der Waals surface area contributed by atoms with Gasteiger partial charge in [0.25, 0.3) is 0 Å². The normalized spacial score (nSPS) is 29.6. The van der Waals surface area contributed by atoms with Crippen LogP contribution in [0.3, 0.4) is 0 Å². The van der Waals surface area contributed by atoms with E-state index in [-0.39, 0.29) is 35.0 Å². The molecule has 31 heavy (non-hydrogen) atoms. The van der Waals surface area contributed by atoms with Gasteiger partial charge in [0.15, 0.2) is 0 Å². The molecule has 2 aliphatic rings. The van der Waals surface area contributed by atoms with Crippen molar-refractivity contribution in [2.45, 2.75) is 52.2 Å². The van der Waals surface area contributed by atoms with Crippen molar-refractivity contribution in [1.82, 2.24) is 10.3 Å². The van der Waals surface area contributed by atoms with Crippen LogP contribution in [0.1, 0.15) is 40.0 Å². The van der Waals surface area contributed by atoms with Gasteiger partial charge < -0.3 is 20.8 Å². The van der Waals surface area contributed by atoms with E-state index >= 15 is 0 Å². The molecule has 2 saturated carbocycles. The van der Waals surface area contributed by atoms with Crippen LogP contribution in [0.5, 0.6) is 0 Å². The van der Waals surface area contributed by atoms with E-state index < -0.39 is 24.7 Å². The molecule has 4 unspecified atom stereocenters. The number of anilines is 1. The SMILES string of the molecule is CC1(C)C2CCC1(C)C(O)C2CC(=O)N[C@@H](CO)C(=O)Nc1ccc2ncccc2c1. The summed E-state index contributed by atoms with van der Waals surface area (Å²) in [6, 6.07) is 7.98. The minimum absolute atomic E-state index is 0.0317. The number of hydrogen-bond donors (Lipinski definition) is 4. The van der Waals surface area contributed by atoms with Crippen molar-refractivity contribution < 1.29 is 19.8 Å². The molecule has 0 aliphatic heterocycles. The minimum Gasteiger partial charge on any atom is -0.394 e. The van der Waals surface area contributed by atoms with Crippen LogP contribution >= 0.6 is 0 Å². The van der Waals surface area contributed by atoms with Gasteiger partial charge in [-0.1, -0.05) is 26.8 Å². The zero-order valence-electron chi connectivity index (χ0n) is 18.3. The summed E-state index contributed by atoms with van der Waals surface area (Å²) in [4.78, 5) is 29.6. The number of benzene rings is 1. The number of aliphatic hydroxyl groups excluding tert-OH is 2. The molecule has 1 aromatic heterocycles. The van der Waals surface area contributed by atoms with Crippen molar-refractivity contribution in [3.05, 3.63) is 36.5 Å². The van der Waals surface area contributed by atoms with Crippen LogP contribution in [0.25, 0.3) is 10.9 Å². The first-order chi connectivity index (χ1) is 14.7. The molecule has 2 fully saturated rings. The van der Waals surface area contributed by atoms with Crippen molar-refractivity contribution >= 4 is 28.4 Å². The Bertz CT molecular complexity index is 1010. The topological polar surface area (TPSA) is 112 Å². The van der Waals surface area contributed by atoms with Gasteiger partial charge in [0, 0.05) is 23.7 Å². The maximum absolute atomic E-state index is 12.7. The van der Waals surface area contributed by atoms with E-state index in [1.165, 1.54) is 0 Å². The molecule has 166 valence electrons. The van der Waals surface area contributed by atoms with Gasteiger partial charge in [-0.3, -0.25) is 14.6 Å². The summed E-state index contributed by atoms with van der Waals surface area (Å²) in [5, 5.41) is 26.9. The second-order valence-electron chi connectivity index (χ2n) is 9.80. The van der Waals surface area contributed by atoms with E-state index in [4.69, 9.17) is 0 Å². The van der Waals surface area contributed by atoms with E-state index in [1.54, 1.807) is 24.4 Å². The summed E-state index contributed by atoms with van der Waals surface area (Å²) in [5.41, 5.74) is 1.15. The molecule has 2 amide bonds. The van der Waals surface area contributed by atoms with Gasteiger partial charge in [0.2, 0.25) is 11.8 Å². The Morgan fingerprint density at radius 1 is 1.26 bits per heavy atom. The van der Waals surface area contributed by atoms with Gasteiger partial charge in [0.1, 0.15) is 6.04 Å². The monoisotopic (exact) mass is 425 g/mol. The number of amides is 2. The fourth-order valence-electron chi connectivity index (χ4n) is 5.83. The molecule has 2 aliphatic carbocycles. The summed E-state index contributed by atoms with van der Waals surface area (Å²) in [6.45, 7) is 5.95. The van der Waals surface area contributed by atoms with Crippen molar-refractivity contribution in [2.75, 3.05) is 11.9 Å². The molecule has 7 heteroatoms. The zero-order chi connectivity index (χ0) is 22.4. The fourth-order valence-corrected chi connectivity index (χ4v) is 5.83. The maximum Gasteiger partial charge on any atom is 0.249 e. The summed E-state index contributed by atoms with van der Waals surface area (Å²) in [5.74, 6) is -0.678. The molecular formula is C24H31N3O4. The first-order valence-electron chi connectivity index (χ1n) is 10.9. The number of aliphatic hydroxyl groups is 2. The molecule has 5 atom stereocenters. The van der Waals surface area contributed by atoms with Crippen LogP contribution in [0, 0.1) is 22.7 Å². The number of pyridine rings is 1. The molecule has 7 nitrogen and oxygen atoms in total. The quantitative estimate of drug-likeness (QED) is 0.568.